The SMILES string of the molecule is O=C(O)CCCCCNc1ncc2ccccc2n1. The summed E-state index contributed by atoms with van der Waals surface area (Å²) in [6.07, 6.45) is 4.58. The molecule has 2 rings (SSSR count). The molecule has 0 aliphatic heterocycles. The number of carboxylic acids is 1. The van der Waals surface area contributed by atoms with E-state index in [4.69, 9.17) is 5.11 Å². The predicted octanol–water partition coefficient (Wildman–Crippen LogP) is 2.69. The zero-order chi connectivity index (χ0) is 13.5. The Hall–Kier alpha value is -2.17. The molecule has 5 nitrogen and oxygen atoms in total. The van der Waals surface area contributed by atoms with Crippen molar-refractivity contribution in [2.45, 2.75) is 25.7 Å². The van der Waals surface area contributed by atoms with Crippen molar-refractivity contribution in [2.75, 3.05) is 11.9 Å². The number of benzene rings is 1. The summed E-state index contributed by atoms with van der Waals surface area (Å²) in [5, 5.41) is 12.7. The third-order valence-electron chi connectivity index (χ3n) is 2.84. The molecule has 0 saturated carbocycles. The maximum Gasteiger partial charge on any atom is 0.303 e. The van der Waals surface area contributed by atoms with E-state index in [2.05, 4.69) is 15.3 Å². The standard InChI is InChI=1S/C14H17N3O2/c18-13(19)8-2-1-5-9-15-14-16-10-11-6-3-4-7-12(11)17-14/h3-4,6-7,10H,1-2,5,8-9H2,(H,18,19)(H,15,16,17). The van der Waals surface area contributed by atoms with E-state index in [0.29, 0.717) is 5.95 Å². The van der Waals surface area contributed by atoms with Gasteiger partial charge in [0.05, 0.1) is 5.52 Å². The Morgan fingerprint density at radius 2 is 2.05 bits per heavy atom. The number of fused-ring (bicyclic) bond motifs is 1. The van der Waals surface area contributed by atoms with Gasteiger partial charge >= 0.3 is 5.97 Å². The van der Waals surface area contributed by atoms with E-state index in [1.165, 1.54) is 0 Å². The quantitative estimate of drug-likeness (QED) is 0.748. The number of aromatic nitrogens is 2. The minimum atomic E-state index is -0.731. The second-order valence-corrected chi connectivity index (χ2v) is 4.38. The number of anilines is 1. The number of carboxylic acid groups (broad SMARTS) is 1. The third kappa shape index (κ3) is 4.21. The highest BCUT2D eigenvalue weighted by molar-refractivity contribution is 5.78. The Balaban J connectivity index is 1.77. The van der Waals surface area contributed by atoms with Crippen LogP contribution in [0.25, 0.3) is 10.9 Å². The van der Waals surface area contributed by atoms with Crippen LogP contribution in [0.1, 0.15) is 25.7 Å². The van der Waals surface area contributed by atoms with Gasteiger partial charge in [0.15, 0.2) is 0 Å². The summed E-state index contributed by atoms with van der Waals surface area (Å²) >= 11 is 0. The van der Waals surface area contributed by atoms with Gasteiger partial charge in [-0.3, -0.25) is 4.79 Å². The molecule has 0 saturated heterocycles. The Morgan fingerprint density at radius 3 is 2.89 bits per heavy atom. The molecule has 0 radical (unpaired) electrons. The minimum absolute atomic E-state index is 0.243. The first-order chi connectivity index (χ1) is 9.25. The lowest BCUT2D eigenvalue weighted by atomic mass is 10.2. The van der Waals surface area contributed by atoms with E-state index >= 15 is 0 Å². The molecule has 1 heterocycles. The summed E-state index contributed by atoms with van der Waals surface area (Å²) < 4.78 is 0. The summed E-state index contributed by atoms with van der Waals surface area (Å²) in [7, 11) is 0. The molecule has 0 amide bonds. The van der Waals surface area contributed by atoms with E-state index in [-0.39, 0.29) is 6.42 Å². The van der Waals surface area contributed by atoms with Gasteiger partial charge in [-0.05, 0) is 18.9 Å². The van der Waals surface area contributed by atoms with E-state index < -0.39 is 5.97 Å². The minimum Gasteiger partial charge on any atom is -0.481 e. The average molecular weight is 259 g/mol. The normalized spacial score (nSPS) is 10.5. The lowest BCUT2D eigenvalue weighted by molar-refractivity contribution is -0.137. The third-order valence-corrected chi connectivity index (χ3v) is 2.84. The van der Waals surface area contributed by atoms with Gasteiger partial charge in [-0.2, -0.15) is 0 Å². The molecular formula is C14H17N3O2. The van der Waals surface area contributed by atoms with Crippen LogP contribution < -0.4 is 5.32 Å². The Labute approximate surface area is 111 Å². The first-order valence-electron chi connectivity index (χ1n) is 6.43. The summed E-state index contributed by atoms with van der Waals surface area (Å²) in [5.74, 6) is -0.109. The summed E-state index contributed by atoms with van der Waals surface area (Å²) in [5.41, 5.74) is 0.922. The molecule has 0 aliphatic carbocycles. The number of rotatable bonds is 7. The van der Waals surface area contributed by atoms with Crippen LogP contribution in [0.3, 0.4) is 0 Å². The number of nitrogens with zero attached hydrogens (tertiary/aromatic N) is 2. The number of nitrogens with one attached hydrogen (secondary N) is 1. The molecule has 1 aromatic heterocycles. The highest BCUT2D eigenvalue weighted by atomic mass is 16.4. The molecule has 2 N–H and O–H groups in total. The van der Waals surface area contributed by atoms with Crippen LogP contribution in [-0.4, -0.2) is 27.6 Å². The van der Waals surface area contributed by atoms with Crippen LogP contribution in [0.15, 0.2) is 30.5 Å². The van der Waals surface area contributed by atoms with Gasteiger partial charge in [-0.15, -0.1) is 0 Å². The fourth-order valence-electron chi connectivity index (χ4n) is 1.84. The Kier molecular flexibility index (Phi) is 4.66. The first kappa shape index (κ1) is 13.3. The van der Waals surface area contributed by atoms with Crippen molar-refractivity contribution in [2.24, 2.45) is 0 Å². The van der Waals surface area contributed by atoms with E-state index in [9.17, 15) is 4.79 Å². The summed E-state index contributed by atoms with van der Waals surface area (Å²) in [6.45, 7) is 0.762. The second kappa shape index (κ2) is 6.68. The molecule has 0 atom stereocenters. The lowest BCUT2D eigenvalue weighted by Gasteiger charge is -2.05. The number of hydrogen-bond acceptors (Lipinski definition) is 4. The maximum absolute atomic E-state index is 10.3. The molecule has 0 unspecified atom stereocenters. The topological polar surface area (TPSA) is 75.1 Å². The Morgan fingerprint density at radius 1 is 1.21 bits per heavy atom. The molecule has 0 bridgehead atoms. The van der Waals surface area contributed by atoms with Crippen molar-refractivity contribution in [1.82, 2.24) is 9.97 Å². The maximum atomic E-state index is 10.3. The number of hydrogen-bond donors (Lipinski definition) is 2. The van der Waals surface area contributed by atoms with E-state index in [0.717, 1.165) is 36.7 Å². The van der Waals surface area contributed by atoms with Gasteiger partial charge in [-0.1, -0.05) is 24.6 Å². The molecule has 100 valence electrons. The fraction of sp³-hybridized carbons (Fsp3) is 0.357. The van der Waals surface area contributed by atoms with Gasteiger partial charge in [-0.25, -0.2) is 9.97 Å². The zero-order valence-corrected chi connectivity index (χ0v) is 10.7. The Bertz CT molecular complexity index is 557. The van der Waals surface area contributed by atoms with Crippen LogP contribution in [0.5, 0.6) is 0 Å². The largest absolute Gasteiger partial charge is 0.481 e. The molecule has 1 aromatic carbocycles. The van der Waals surface area contributed by atoms with Gasteiger partial charge < -0.3 is 10.4 Å². The molecular weight excluding hydrogens is 242 g/mol. The van der Waals surface area contributed by atoms with E-state index in [1.54, 1.807) is 6.20 Å². The highest BCUT2D eigenvalue weighted by Crippen LogP contribution is 2.11. The van der Waals surface area contributed by atoms with Gasteiger partial charge in [0, 0.05) is 24.5 Å². The average Bonchev–Trinajstić information content (AvgIpc) is 2.42. The van der Waals surface area contributed by atoms with Crippen molar-refractivity contribution < 1.29 is 9.90 Å². The fourth-order valence-corrected chi connectivity index (χ4v) is 1.84. The van der Waals surface area contributed by atoms with Crippen molar-refractivity contribution in [3.05, 3.63) is 30.5 Å². The smallest absolute Gasteiger partial charge is 0.303 e. The van der Waals surface area contributed by atoms with Crippen LogP contribution >= 0.6 is 0 Å². The van der Waals surface area contributed by atoms with Crippen LogP contribution in [-0.2, 0) is 4.79 Å². The van der Waals surface area contributed by atoms with Crippen LogP contribution in [0.2, 0.25) is 0 Å². The van der Waals surface area contributed by atoms with Crippen molar-refractivity contribution in [1.29, 1.82) is 0 Å². The van der Waals surface area contributed by atoms with Crippen LogP contribution in [0, 0.1) is 0 Å². The highest BCUT2D eigenvalue weighted by Gasteiger charge is 1.99. The number of carbonyl (C=O) groups is 1. The first-order valence-corrected chi connectivity index (χ1v) is 6.43. The van der Waals surface area contributed by atoms with Crippen molar-refractivity contribution >= 4 is 22.8 Å². The summed E-state index contributed by atoms with van der Waals surface area (Å²) in [6, 6.07) is 7.84. The molecule has 2 aromatic rings. The molecule has 0 fully saturated rings. The van der Waals surface area contributed by atoms with Gasteiger partial charge in [0.25, 0.3) is 0 Å². The van der Waals surface area contributed by atoms with E-state index in [1.807, 2.05) is 24.3 Å². The molecule has 0 spiro atoms. The lowest BCUT2D eigenvalue weighted by Crippen LogP contribution is -2.05. The van der Waals surface area contributed by atoms with Gasteiger partial charge in [0.1, 0.15) is 0 Å². The summed E-state index contributed by atoms with van der Waals surface area (Å²) in [4.78, 5) is 19.0. The van der Waals surface area contributed by atoms with Crippen molar-refractivity contribution in [3.63, 3.8) is 0 Å². The predicted molar refractivity (Wildman–Crippen MR) is 74.1 cm³/mol. The molecule has 19 heavy (non-hydrogen) atoms. The molecule has 5 heteroatoms. The van der Waals surface area contributed by atoms with Gasteiger partial charge in [0.2, 0.25) is 5.95 Å². The monoisotopic (exact) mass is 259 g/mol. The molecule has 0 aliphatic rings. The number of para-hydroxylation sites is 1. The number of unbranched alkanes of at least 4 members (excludes halogenated alkanes) is 2. The second-order valence-electron chi connectivity index (χ2n) is 4.38. The number of aliphatic carboxylic acids is 1. The van der Waals surface area contributed by atoms with Crippen LogP contribution in [0.4, 0.5) is 5.95 Å². The van der Waals surface area contributed by atoms with Crippen molar-refractivity contribution in [3.8, 4) is 0 Å². The zero-order valence-electron chi connectivity index (χ0n) is 10.7.